The van der Waals surface area contributed by atoms with E-state index in [-0.39, 0.29) is 5.56 Å². The van der Waals surface area contributed by atoms with Gasteiger partial charge in [0.2, 0.25) is 0 Å². The molecular formula is C19H14Cl2N4OS. The van der Waals surface area contributed by atoms with Crippen LogP contribution in [-0.4, -0.2) is 20.9 Å². The van der Waals surface area contributed by atoms with Crippen molar-refractivity contribution in [2.24, 2.45) is 5.10 Å². The van der Waals surface area contributed by atoms with Crippen molar-refractivity contribution in [2.45, 2.75) is 20.8 Å². The van der Waals surface area contributed by atoms with Crippen molar-refractivity contribution in [1.29, 1.82) is 0 Å². The zero-order valence-electron chi connectivity index (χ0n) is 14.7. The summed E-state index contributed by atoms with van der Waals surface area (Å²) in [6.45, 7) is 5.68. The molecule has 1 aromatic carbocycles. The predicted molar refractivity (Wildman–Crippen MR) is 113 cm³/mol. The third-order valence-corrected chi connectivity index (χ3v) is 5.95. The minimum Gasteiger partial charge on any atom is -0.266 e. The maximum absolute atomic E-state index is 13.0. The third-order valence-electron chi connectivity index (χ3n) is 4.23. The van der Waals surface area contributed by atoms with Crippen molar-refractivity contribution < 1.29 is 0 Å². The number of hydrogen-bond donors (Lipinski definition) is 0. The maximum Gasteiger partial charge on any atom is 0.292 e. The Labute approximate surface area is 168 Å². The lowest BCUT2D eigenvalue weighted by Crippen LogP contribution is -2.19. The van der Waals surface area contributed by atoms with Gasteiger partial charge >= 0.3 is 0 Å². The average molecular weight is 417 g/mol. The summed E-state index contributed by atoms with van der Waals surface area (Å²) in [6.07, 6.45) is 1.48. The van der Waals surface area contributed by atoms with Crippen molar-refractivity contribution >= 4 is 61.2 Å². The van der Waals surface area contributed by atoms with Gasteiger partial charge in [-0.05, 0) is 44.5 Å². The number of hydrogen-bond acceptors (Lipinski definition) is 5. The second-order valence-electron chi connectivity index (χ2n) is 6.20. The minimum atomic E-state index is -0.239. The van der Waals surface area contributed by atoms with E-state index in [9.17, 15) is 4.79 Å². The number of nitrogens with zero attached hydrogens (tertiary/aromatic N) is 4. The van der Waals surface area contributed by atoms with Crippen molar-refractivity contribution in [2.75, 3.05) is 0 Å². The number of pyridine rings is 1. The summed E-state index contributed by atoms with van der Waals surface area (Å²) in [7, 11) is 0. The molecule has 0 saturated carbocycles. The molecule has 8 heteroatoms. The number of aryl methyl sites for hydroxylation is 3. The Balaban J connectivity index is 1.95. The Hall–Kier alpha value is -2.28. The van der Waals surface area contributed by atoms with E-state index < -0.39 is 0 Å². The summed E-state index contributed by atoms with van der Waals surface area (Å²) in [5, 5.41) is 6.14. The van der Waals surface area contributed by atoms with Crippen LogP contribution in [0.5, 0.6) is 0 Å². The van der Waals surface area contributed by atoms with Crippen LogP contribution in [-0.2, 0) is 0 Å². The lowest BCUT2D eigenvalue weighted by molar-refractivity contribution is 0.773. The normalized spacial score (nSPS) is 11.9. The van der Waals surface area contributed by atoms with E-state index in [0.717, 1.165) is 21.5 Å². The number of fused-ring (bicyclic) bond motifs is 3. The fourth-order valence-corrected chi connectivity index (χ4v) is 4.67. The molecule has 3 aromatic heterocycles. The summed E-state index contributed by atoms with van der Waals surface area (Å²) < 4.78 is 1.79. The van der Waals surface area contributed by atoms with Gasteiger partial charge in [0, 0.05) is 16.6 Å². The highest BCUT2D eigenvalue weighted by Gasteiger charge is 2.16. The summed E-state index contributed by atoms with van der Waals surface area (Å²) in [6, 6.07) is 7.18. The van der Waals surface area contributed by atoms with Crippen LogP contribution in [0.15, 0.2) is 34.2 Å². The monoisotopic (exact) mass is 416 g/mol. The second-order valence-corrected chi connectivity index (χ2v) is 8.01. The predicted octanol–water partition coefficient (Wildman–Crippen LogP) is 5.12. The molecule has 136 valence electrons. The Morgan fingerprint density at radius 2 is 1.85 bits per heavy atom. The molecule has 0 aliphatic heterocycles. The van der Waals surface area contributed by atoms with Gasteiger partial charge in [0.15, 0.2) is 0 Å². The van der Waals surface area contributed by atoms with E-state index in [1.165, 1.54) is 22.2 Å². The van der Waals surface area contributed by atoms with Crippen molar-refractivity contribution in [3.05, 3.63) is 67.3 Å². The van der Waals surface area contributed by atoms with Gasteiger partial charge in [0.1, 0.15) is 15.4 Å². The van der Waals surface area contributed by atoms with Gasteiger partial charge in [-0.15, -0.1) is 11.3 Å². The molecule has 0 spiro atoms. The molecule has 0 fully saturated rings. The Morgan fingerprint density at radius 1 is 1.15 bits per heavy atom. The number of aromatic nitrogens is 3. The smallest absolute Gasteiger partial charge is 0.266 e. The van der Waals surface area contributed by atoms with E-state index in [1.54, 1.807) is 25.1 Å². The Kier molecular flexibility index (Phi) is 4.50. The van der Waals surface area contributed by atoms with Crippen LogP contribution in [0, 0.1) is 20.8 Å². The Bertz CT molecular complexity index is 1290. The number of thiophene rings is 1. The van der Waals surface area contributed by atoms with Gasteiger partial charge < -0.3 is 0 Å². The molecule has 27 heavy (non-hydrogen) atoms. The summed E-state index contributed by atoms with van der Waals surface area (Å²) in [4.78, 5) is 23.0. The molecule has 0 saturated heterocycles. The van der Waals surface area contributed by atoms with Gasteiger partial charge in [0.05, 0.1) is 21.8 Å². The van der Waals surface area contributed by atoms with Crippen LogP contribution in [0.25, 0.3) is 20.4 Å². The minimum absolute atomic E-state index is 0.239. The summed E-state index contributed by atoms with van der Waals surface area (Å²) in [5.74, 6) is 0.478. The first-order chi connectivity index (χ1) is 12.9. The quantitative estimate of drug-likeness (QED) is 0.426. The van der Waals surface area contributed by atoms with Crippen LogP contribution in [0.2, 0.25) is 10.0 Å². The molecule has 0 amide bonds. The van der Waals surface area contributed by atoms with Gasteiger partial charge in [0.25, 0.3) is 5.56 Å². The lowest BCUT2D eigenvalue weighted by Gasteiger charge is -2.05. The van der Waals surface area contributed by atoms with E-state index in [1.807, 2.05) is 19.9 Å². The van der Waals surface area contributed by atoms with E-state index in [0.29, 0.717) is 31.6 Å². The van der Waals surface area contributed by atoms with Crippen molar-refractivity contribution in [3.63, 3.8) is 0 Å². The second kappa shape index (κ2) is 6.71. The molecule has 0 radical (unpaired) electrons. The van der Waals surface area contributed by atoms with E-state index in [2.05, 4.69) is 15.1 Å². The first-order valence-corrected chi connectivity index (χ1v) is 9.72. The van der Waals surface area contributed by atoms with Crippen LogP contribution in [0.3, 0.4) is 0 Å². The van der Waals surface area contributed by atoms with Crippen LogP contribution in [0.1, 0.15) is 22.6 Å². The molecule has 4 aromatic rings. The van der Waals surface area contributed by atoms with Crippen LogP contribution in [0.4, 0.5) is 0 Å². The standard InChI is InChI=1S/C19H14Cl2N4OS/c1-9-7-10(2)23-18-15(9)16-17(27-18)19(26)25(11(3)24-16)22-8-12-13(20)5-4-6-14(12)21/h4-8H,1-3H3/b22-8+. The number of rotatable bonds is 2. The molecule has 0 aliphatic carbocycles. The van der Waals surface area contributed by atoms with Crippen molar-refractivity contribution in [1.82, 2.24) is 14.6 Å². The molecule has 0 N–H and O–H groups in total. The fourth-order valence-electron chi connectivity index (χ4n) is 3.01. The number of benzene rings is 1. The highest BCUT2D eigenvalue weighted by molar-refractivity contribution is 7.25. The molecule has 0 bridgehead atoms. The Morgan fingerprint density at radius 3 is 2.56 bits per heavy atom. The molecule has 3 heterocycles. The first-order valence-electron chi connectivity index (χ1n) is 8.15. The maximum atomic E-state index is 13.0. The highest BCUT2D eigenvalue weighted by Crippen LogP contribution is 2.32. The molecule has 0 aliphatic rings. The SMILES string of the molecule is Cc1cc(C)c2c(n1)sc1c(=O)n(/N=C/c3c(Cl)cccc3Cl)c(C)nc12. The molecule has 4 rings (SSSR count). The summed E-state index contributed by atoms with van der Waals surface area (Å²) in [5.41, 5.74) is 2.95. The zero-order valence-corrected chi connectivity index (χ0v) is 17.1. The average Bonchev–Trinajstić information content (AvgIpc) is 2.95. The first kappa shape index (κ1) is 18.1. The molecular weight excluding hydrogens is 403 g/mol. The molecule has 0 atom stereocenters. The van der Waals surface area contributed by atoms with Crippen LogP contribution >= 0.6 is 34.5 Å². The largest absolute Gasteiger partial charge is 0.292 e. The zero-order chi connectivity index (χ0) is 19.3. The van der Waals surface area contributed by atoms with Gasteiger partial charge in [-0.2, -0.15) is 9.78 Å². The third kappa shape index (κ3) is 3.04. The van der Waals surface area contributed by atoms with Gasteiger partial charge in [-0.25, -0.2) is 9.97 Å². The molecule has 0 unspecified atom stereocenters. The van der Waals surface area contributed by atoms with E-state index in [4.69, 9.17) is 23.2 Å². The van der Waals surface area contributed by atoms with Gasteiger partial charge in [-0.1, -0.05) is 29.3 Å². The van der Waals surface area contributed by atoms with E-state index >= 15 is 0 Å². The summed E-state index contributed by atoms with van der Waals surface area (Å²) >= 11 is 13.7. The topological polar surface area (TPSA) is 60.1 Å². The van der Waals surface area contributed by atoms with Gasteiger partial charge in [-0.3, -0.25) is 4.79 Å². The van der Waals surface area contributed by atoms with Crippen molar-refractivity contribution in [3.8, 4) is 0 Å². The fraction of sp³-hybridized carbons (Fsp3) is 0.158. The van der Waals surface area contributed by atoms with Crippen LogP contribution < -0.4 is 5.56 Å². The highest BCUT2D eigenvalue weighted by atomic mass is 35.5. The lowest BCUT2D eigenvalue weighted by atomic mass is 10.1. The molecule has 5 nitrogen and oxygen atoms in total. The number of halogens is 2.